The van der Waals surface area contributed by atoms with Crippen molar-refractivity contribution in [1.29, 1.82) is 0 Å². The first-order chi connectivity index (χ1) is 13.7. The Bertz CT molecular complexity index is 642. The van der Waals surface area contributed by atoms with Gasteiger partial charge in [-0.2, -0.15) is 0 Å². The van der Waals surface area contributed by atoms with E-state index in [-0.39, 0.29) is 6.10 Å². The van der Waals surface area contributed by atoms with Gasteiger partial charge >= 0.3 is 0 Å². The molecule has 0 aliphatic carbocycles. The lowest BCUT2D eigenvalue weighted by Gasteiger charge is -2.35. The number of hydrogen-bond acceptors (Lipinski definition) is 4. The number of rotatable bonds is 6. The van der Waals surface area contributed by atoms with Gasteiger partial charge in [0, 0.05) is 43.9 Å². The standard InChI is InChI=1S/C21H32ClN3O3/c1-23-21(24-14-16-6-7-17(22)13-20(16)26-2)25-10-8-18(9-11-25)28-15-19-5-3-4-12-27-19/h6-7,13,18-19H,3-5,8-12,14-15H2,1-2H3,(H,23,24). The molecule has 0 radical (unpaired) electrons. The molecule has 0 amide bonds. The van der Waals surface area contributed by atoms with Crippen LogP contribution in [0.15, 0.2) is 23.2 Å². The number of methoxy groups -OCH3 is 1. The van der Waals surface area contributed by atoms with Crippen LogP contribution in [0.1, 0.15) is 37.7 Å². The van der Waals surface area contributed by atoms with E-state index in [1.54, 1.807) is 7.11 Å². The second-order valence-corrected chi connectivity index (χ2v) is 7.80. The molecule has 0 saturated carbocycles. The summed E-state index contributed by atoms with van der Waals surface area (Å²) in [7, 11) is 3.48. The molecule has 2 saturated heterocycles. The van der Waals surface area contributed by atoms with Gasteiger partial charge in [0.05, 0.1) is 25.9 Å². The van der Waals surface area contributed by atoms with Crippen LogP contribution in [0.25, 0.3) is 0 Å². The Labute approximate surface area is 173 Å². The maximum Gasteiger partial charge on any atom is 0.193 e. The van der Waals surface area contributed by atoms with Crippen molar-refractivity contribution in [2.45, 2.75) is 50.9 Å². The van der Waals surface area contributed by atoms with Crippen LogP contribution >= 0.6 is 11.6 Å². The molecule has 2 aliphatic rings. The van der Waals surface area contributed by atoms with Gasteiger partial charge in [0.25, 0.3) is 0 Å². The van der Waals surface area contributed by atoms with Crippen LogP contribution in [0.5, 0.6) is 5.75 Å². The molecule has 1 aromatic carbocycles. The van der Waals surface area contributed by atoms with Gasteiger partial charge < -0.3 is 24.4 Å². The molecule has 0 aromatic heterocycles. The Morgan fingerprint density at radius 2 is 2.11 bits per heavy atom. The second-order valence-electron chi connectivity index (χ2n) is 7.37. The molecule has 156 valence electrons. The smallest absolute Gasteiger partial charge is 0.193 e. The molecule has 0 bridgehead atoms. The van der Waals surface area contributed by atoms with Crippen LogP contribution in [0.3, 0.4) is 0 Å². The third-order valence-electron chi connectivity index (χ3n) is 5.43. The number of aliphatic imine (C=N–C) groups is 1. The van der Waals surface area contributed by atoms with E-state index in [4.69, 9.17) is 25.8 Å². The van der Waals surface area contributed by atoms with Crippen molar-refractivity contribution in [2.75, 3.05) is 40.5 Å². The predicted octanol–water partition coefficient (Wildman–Crippen LogP) is 3.47. The zero-order valence-corrected chi connectivity index (χ0v) is 17.7. The minimum absolute atomic E-state index is 0.288. The van der Waals surface area contributed by atoms with E-state index < -0.39 is 0 Å². The largest absolute Gasteiger partial charge is 0.496 e. The van der Waals surface area contributed by atoms with E-state index in [0.29, 0.717) is 17.7 Å². The molecule has 7 heteroatoms. The van der Waals surface area contributed by atoms with Crippen LogP contribution in [-0.2, 0) is 16.0 Å². The Hall–Kier alpha value is -1.50. The molecule has 1 N–H and O–H groups in total. The number of benzene rings is 1. The van der Waals surface area contributed by atoms with Crippen LogP contribution in [0.2, 0.25) is 5.02 Å². The molecule has 1 atom stereocenters. The average molecular weight is 410 g/mol. The number of ether oxygens (including phenoxy) is 3. The number of nitrogens with zero attached hydrogens (tertiary/aromatic N) is 2. The summed E-state index contributed by atoms with van der Waals surface area (Å²) in [4.78, 5) is 6.74. The highest BCUT2D eigenvalue weighted by Gasteiger charge is 2.23. The van der Waals surface area contributed by atoms with Gasteiger partial charge in [-0.05, 0) is 44.2 Å². The lowest BCUT2D eigenvalue weighted by molar-refractivity contribution is -0.0721. The minimum atomic E-state index is 0.288. The summed E-state index contributed by atoms with van der Waals surface area (Å²) in [6.45, 7) is 4.13. The van der Waals surface area contributed by atoms with Gasteiger partial charge in [-0.15, -0.1) is 0 Å². The first kappa shape index (κ1) is 21.2. The fourth-order valence-corrected chi connectivity index (χ4v) is 3.95. The van der Waals surface area contributed by atoms with Crippen molar-refractivity contribution in [3.63, 3.8) is 0 Å². The monoisotopic (exact) mass is 409 g/mol. The van der Waals surface area contributed by atoms with E-state index in [0.717, 1.165) is 62.8 Å². The molecule has 0 spiro atoms. The van der Waals surface area contributed by atoms with Crippen LogP contribution in [-0.4, -0.2) is 63.5 Å². The van der Waals surface area contributed by atoms with Gasteiger partial charge in [0.2, 0.25) is 0 Å². The predicted molar refractivity (Wildman–Crippen MR) is 112 cm³/mol. The zero-order chi connectivity index (χ0) is 19.8. The summed E-state index contributed by atoms with van der Waals surface area (Å²) in [6.07, 6.45) is 6.20. The number of likely N-dealkylation sites (tertiary alicyclic amines) is 1. The highest BCUT2D eigenvalue weighted by Crippen LogP contribution is 2.23. The van der Waals surface area contributed by atoms with Crippen LogP contribution in [0, 0.1) is 0 Å². The van der Waals surface area contributed by atoms with E-state index >= 15 is 0 Å². The van der Waals surface area contributed by atoms with Crippen molar-refractivity contribution >= 4 is 17.6 Å². The van der Waals surface area contributed by atoms with Crippen LogP contribution in [0.4, 0.5) is 0 Å². The van der Waals surface area contributed by atoms with Gasteiger partial charge in [0.1, 0.15) is 5.75 Å². The van der Waals surface area contributed by atoms with Gasteiger partial charge in [-0.1, -0.05) is 17.7 Å². The highest BCUT2D eigenvalue weighted by molar-refractivity contribution is 6.30. The van der Waals surface area contributed by atoms with Gasteiger partial charge in [-0.3, -0.25) is 4.99 Å². The Balaban J connectivity index is 1.43. The maximum absolute atomic E-state index is 6.11. The molecule has 1 aromatic rings. The van der Waals surface area contributed by atoms with Crippen molar-refractivity contribution < 1.29 is 14.2 Å². The van der Waals surface area contributed by atoms with E-state index in [9.17, 15) is 0 Å². The normalized spacial score (nSPS) is 21.6. The van der Waals surface area contributed by atoms with Gasteiger partial charge in [0.15, 0.2) is 5.96 Å². The summed E-state index contributed by atoms with van der Waals surface area (Å²) in [5, 5.41) is 4.11. The molecular weight excluding hydrogens is 378 g/mol. The fraction of sp³-hybridized carbons (Fsp3) is 0.667. The second kappa shape index (κ2) is 10.9. The van der Waals surface area contributed by atoms with E-state index in [1.807, 2.05) is 25.2 Å². The fourth-order valence-electron chi connectivity index (χ4n) is 3.79. The van der Waals surface area contributed by atoms with Crippen molar-refractivity contribution in [2.24, 2.45) is 4.99 Å². The number of nitrogens with one attached hydrogen (secondary N) is 1. The van der Waals surface area contributed by atoms with Crippen LogP contribution < -0.4 is 10.1 Å². The van der Waals surface area contributed by atoms with Crippen molar-refractivity contribution in [3.05, 3.63) is 28.8 Å². The Morgan fingerprint density at radius 1 is 1.29 bits per heavy atom. The summed E-state index contributed by atoms with van der Waals surface area (Å²) in [6, 6.07) is 5.69. The number of hydrogen-bond donors (Lipinski definition) is 1. The number of piperidine rings is 1. The highest BCUT2D eigenvalue weighted by atomic mass is 35.5. The summed E-state index contributed by atoms with van der Waals surface area (Å²) >= 11 is 6.04. The van der Waals surface area contributed by atoms with E-state index in [2.05, 4.69) is 15.2 Å². The lowest BCUT2D eigenvalue weighted by Crippen LogP contribution is -2.47. The minimum Gasteiger partial charge on any atom is -0.496 e. The molecule has 2 aliphatic heterocycles. The maximum atomic E-state index is 6.11. The molecule has 2 heterocycles. The van der Waals surface area contributed by atoms with Crippen molar-refractivity contribution in [1.82, 2.24) is 10.2 Å². The SMILES string of the molecule is CN=C(NCc1ccc(Cl)cc1OC)N1CCC(OCC2CCCCO2)CC1. The molecule has 28 heavy (non-hydrogen) atoms. The molecule has 2 fully saturated rings. The average Bonchev–Trinajstić information content (AvgIpc) is 2.75. The summed E-state index contributed by atoms with van der Waals surface area (Å²) < 4.78 is 17.3. The Morgan fingerprint density at radius 3 is 2.79 bits per heavy atom. The number of halogens is 1. The van der Waals surface area contributed by atoms with Gasteiger partial charge in [-0.25, -0.2) is 0 Å². The first-order valence-electron chi connectivity index (χ1n) is 10.2. The summed E-state index contributed by atoms with van der Waals surface area (Å²) in [5.41, 5.74) is 1.05. The number of guanidine groups is 1. The third kappa shape index (κ3) is 6.00. The topological polar surface area (TPSA) is 55.3 Å². The Kier molecular flexibility index (Phi) is 8.25. The first-order valence-corrected chi connectivity index (χ1v) is 10.6. The van der Waals surface area contributed by atoms with E-state index in [1.165, 1.54) is 12.8 Å². The molecule has 3 rings (SSSR count). The molecular formula is C21H32ClN3O3. The molecule has 1 unspecified atom stereocenters. The zero-order valence-electron chi connectivity index (χ0n) is 17.0. The summed E-state index contributed by atoms with van der Waals surface area (Å²) in [5.74, 6) is 1.69. The van der Waals surface area contributed by atoms with Crippen molar-refractivity contribution in [3.8, 4) is 5.75 Å². The third-order valence-corrected chi connectivity index (χ3v) is 5.67. The lowest BCUT2D eigenvalue weighted by atomic mass is 10.1. The molecule has 6 nitrogen and oxygen atoms in total. The quantitative estimate of drug-likeness (QED) is 0.576.